The zero-order chi connectivity index (χ0) is 16.4. The van der Waals surface area contributed by atoms with Crippen LogP contribution in [0.3, 0.4) is 0 Å². The number of carboxylic acids is 1. The lowest BCUT2D eigenvalue weighted by molar-refractivity contribution is 0.0514. The molecule has 1 rings (SSSR count). The highest BCUT2D eigenvalue weighted by Gasteiger charge is 2.20. The minimum atomic E-state index is -1.07. The van der Waals surface area contributed by atoms with Gasteiger partial charge in [-0.1, -0.05) is 51.2 Å². The maximum atomic E-state index is 11.9. The quantitative estimate of drug-likeness (QED) is 0.512. The van der Waals surface area contributed by atoms with Gasteiger partial charge in [0.15, 0.2) is 0 Å². The predicted octanol–water partition coefficient (Wildman–Crippen LogP) is 4.46. The van der Waals surface area contributed by atoms with Crippen LogP contribution in [0.2, 0.25) is 0 Å². The number of carbonyl (C=O) groups excluding carboxylic acids is 1. The van der Waals surface area contributed by atoms with Crippen LogP contribution in [0.4, 0.5) is 0 Å². The molecular weight excluding hydrogens is 280 g/mol. The van der Waals surface area contributed by atoms with Crippen LogP contribution in [0.1, 0.15) is 78.7 Å². The van der Waals surface area contributed by atoms with E-state index >= 15 is 0 Å². The maximum Gasteiger partial charge on any atom is 0.339 e. The number of hydrogen-bond acceptors (Lipinski definition) is 3. The summed E-state index contributed by atoms with van der Waals surface area (Å²) in [5.74, 6) is -1.63. The van der Waals surface area contributed by atoms with Gasteiger partial charge in [-0.3, -0.25) is 0 Å². The van der Waals surface area contributed by atoms with Gasteiger partial charge in [0, 0.05) is 0 Å². The van der Waals surface area contributed by atoms with Gasteiger partial charge < -0.3 is 9.84 Å². The van der Waals surface area contributed by atoms with E-state index in [1.807, 2.05) is 0 Å². The lowest BCUT2D eigenvalue weighted by Gasteiger charge is -2.11. The fraction of sp³-hybridized carbons (Fsp3) is 0.556. The van der Waals surface area contributed by atoms with Gasteiger partial charge in [0.25, 0.3) is 0 Å². The van der Waals surface area contributed by atoms with Crippen LogP contribution in [0.5, 0.6) is 0 Å². The van der Waals surface area contributed by atoms with Crippen molar-refractivity contribution in [2.45, 2.75) is 58.8 Å². The van der Waals surface area contributed by atoms with Crippen molar-refractivity contribution in [2.24, 2.45) is 0 Å². The first-order chi connectivity index (χ1) is 10.6. The average Bonchev–Trinajstić information content (AvgIpc) is 2.50. The predicted molar refractivity (Wildman–Crippen MR) is 86.4 cm³/mol. The summed E-state index contributed by atoms with van der Waals surface area (Å²) in [6, 6.07) is 5.04. The number of aromatic carboxylic acids is 1. The Morgan fingerprint density at radius 3 is 2.36 bits per heavy atom. The number of carbonyl (C=O) groups is 2. The summed E-state index contributed by atoms with van der Waals surface area (Å²) in [5.41, 5.74) is 0.959. The van der Waals surface area contributed by atoms with Crippen molar-refractivity contribution in [3.8, 4) is 0 Å². The van der Waals surface area contributed by atoms with Crippen molar-refractivity contribution < 1.29 is 19.4 Å². The largest absolute Gasteiger partial charge is 0.478 e. The molecule has 4 nitrogen and oxygen atoms in total. The molecule has 0 saturated carbocycles. The molecule has 0 aliphatic carbocycles. The summed E-state index contributed by atoms with van der Waals surface area (Å²) in [6.07, 6.45) is 7.57. The van der Waals surface area contributed by atoms with Crippen molar-refractivity contribution in [3.63, 3.8) is 0 Å². The summed E-state index contributed by atoms with van der Waals surface area (Å²) in [5, 5.41) is 9.43. The Labute approximate surface area is 132 Å². The zero-order valence-corrected chi connectivity index (χ0v) is 13.6. The summed E-state index contributed by atoms with van der Waals surface area (Å²) >= 11 is 0. The fourth-order valence-electron chi connectivity index (χ4n) is 2.54. The Hall–Kier alpha value is -1.84. The molecule has 0 spiro atoms. The van der Waals surface area contributed by atoms with Gasteiger partial charge in [-0.15, -0.1) is 0 Å². The average molecular weight is 306 g/mol. The van der Waals surface area contributed by atoms with Gasteiger partial charge in [0.05, 0.1) is 17.7 Å². The van der Waals surface area contributed by atoms with Gasteiger partial charge in [-0.25, -0.2) is 9.59 Å². The van der Waals surface area contributed by atoms with Crippen molar-refractivity contribution in [1.82, 2.24) is 0 Å². The molecule has 0 bridgehead atoms. The number of carboxylic acid groups (broad SMARTS) is 1. The molecule has 1 N–H and O–H groups in total. The minimum Gasteiger partial charge on any atom is -0.478 e. The monoisotopic (exact) mass is 306 g/mol. The first-order valence-corrected chi connectivity index (χ1v) is 8.14. The Balaban J connectivity index is 2.75. The van der Waals surface area contributed by atoms with Gasteiger partial charge in [0.1, 0.15) is 0 Å². The molecule has 22 heavy (non-hydrogen) atoms. The third kappa shape index (κ3) is 5.51. The van der Waals surface area contributed by atoms with Crippen molar-refractivity contribution in [3.05, 3.63) is 34.9 Å². The van der Waals surface area contributed by atoms with E-state index in [2.05, 4.69) is 6.92 Å². The number of benzene rings is 1. The summed E-state index contributed by atoms with van der Waals surface area (Å²) < 4.78 is 4.94. The topological polar surface area (TPSA) is 63.6 Å². The van der Waals surface area contributed by atoms with E-state index in [4.69, 9.17) is 4.74 Å². The van der Waals surface area contributed by atoms with Crippen LogP contribution < -0.4 is 0 Å². The Bertz CT molecular complexity index is 494. The normalized spacial score (nSPS) is 10.5. The lowest BCUT2D eigenvalue weighted by atomic mass is 9.96. The third-order valence-corrected chi connectivity index (χ3v) is 3.66. The summed E-state index contributed by atoms with van der Waals surface area (Å²) in [7, 11) is 0. The molecule has 1 aromatic carbocycles. The highest BCUT2D eigenvalue weighted by molar-refractivity contribution is 6.03. The van der Waals surface area contributed by atoms with Crippen LogP contribution in [0.15, 0.2) is 18.2 Å². The number of ether oxygens (including phenoxy) is 1. The maximum absolute atomic E-state index is 11.9. The van der Waals surface area contributed by atoms with Gasteiger partial charge >= 0.3 is 11.9 Å². The molecule has 0 heterocycles. The first-order valence-electron chi connectivity index (χ1n) is 8.14. The molecule has 0 aliphatic rings. The number of rotatable bonds is 10. The van der Waals surface area contributed by atoms with E-state index in [0.717, 1.165) is 12.8 Å². The van der Waals surface area contributed by atoms with Crippen molar-refractivity contribution in [2.75, 3.05) is 6.61 Å². The molecule has 0 atom stereocenters. The second-order valence-electron chi connectivity index (χ2n) is 5.38. The highest BCUT2D eigenvalue weighted by atomic mass is 16.5. The second kappa shape index (κ2) is 9.98. The van der Waals surface area contributed by atoms with Crippen LogP contribution in [-0.2, 0) is 11.2 Å². The van der Waals surface area contributed by atoms with Crippen LogP contribution in [0.25, 0.3) is 0 Å². The molecule has 0 unspecified atom stereocenters. The van der Waals surface area contributed by atoms with Gasteiger partial charge in [0.2, 0.25) is 0 Å². The molecule has 0 aromatic heterocycles. The van der Waals surface area contributed by atoms with E-state index in [1.54, 1.807) is 19.1 Å². The van der Waals surface area contributed by atoms with Gasteiger partial charge in [-0.05, 0) is 31.4 Å². The van der Waals surface area contributed by atoms with E-state index in [9.17, 15) is 14.7 Å². The van der Waals surface area contributed by atoms with E-state index in [0.29, 0.717) is 12.0 Å². The molecule has 0 fully saturated rings. The van der Waals surface area contributed by atoms with Crippen LogP contribution in [-0.4, -0.2) is 23.7 Å². The number of hydrogen-bond donors (Lipinski definition) is 1. The van der Waals surface area contributed by atoms with E-state index in [1.165, 1.54) is 31.7 Å². The van der Waals surface area contributed by atoms with E-state index in [-0.39, 0.29) is 17.7 Å². The van der Waals surface area contributed by atoms with Crippen molar-refractivity contribution >= 4 is 11.9 Å². The molecule has 0 amide bonds. The Kier molecular flexibility index (Phi) is 8.26. The Morgan fingerprint density at radius 2 is 1.73 bits per heavy atom. The molecule has 0 radical (unpaired) electrons. The highest BCUT2D eigenvalue weighted by Crippen LogP contribution is 2.19. The molecule has 122 valence electrons. The number of esters is 1. The van der Waals surface area contributed by atoms with E-state index < -0.39 is 11.9 Å². The SMILES string of the molecule is CCCCCCCCc1cccc(C(=O)OCC)c1C(=O)O. The molecule has 4 heteroatoms. The minimum absolute atomic E-state index is 0.0921. The van der Waals surface area contributed by atoms with Gasteiger partial charge in [-0.2, -0.15) is 0 Å². The summed E-state index contributed by atoms with van der Waals surface area (Å²) in [4.78, 5) is 23.4. The number of aryl methyl sites for hydroxylation is 1. The lowest BCUT2D eigenvalue weighted by Crippen LogP contribution is -2.14. The number of unbranched alkanes of at least 4 members (excludes halogenated alkanes) is 5. The molecule has 0 saturated heterocycles. The van der Waals surface area contributed by atoms with Crippen LogP contribution >= 0.6 is 0 Å². The second-order valence-corrected chi connectivity index (χ2v) is 5.38. The molecular formula is C18H26O4. The standard InChI is InChI=1S/C18H26O4/c1-3-5-6-7-8-9-11-14-12-10-13-15(16(14)17(19)20)18(21)22-4-2/h10,12-13H,3-9,11H2,1-2H3,(H,19,20). The molecule has 1 aromatic rings. The first kappa shape index (κ1) is 18.2. The third-order valence-electron chi connectivity index (χ3n) is 3.66. The summed E-state index contributed by atoms with van der Waals surface area (Å²) in [6.45, 7) is 4.12. The van der Waals surface area contributed by atoms with Crippen LogP contribution in [0, 0.1) is 0 Å². The Morgan fingerprint density at radius 1 is 1.05 bits per heavy atom. The molecule has 0 aliphatic heterocycles. The fourth-order valence-corrected chi connectivity index (χ4v) is 2.54. The van der Waals surface area contributed by atoms with Crippen molar-refractivity contribution in [1.29, 1.82) is 0 Å². The smallest absolute Gasteiger partial charge is 0.339 e. The zero-order valence-electron chi connectivity index (χ0n) is 13.6.